The van der Waals surface area contributed by atoms with Crippen LogP contribution < -0.4 is 4.74 Å². The van der Waals surface area contributed by atoms with Gasteiger partial charge in [0.05, 0.1) is 7.11 Å². The van der Waals surface area contributed by atoms with Gasteiger partial charge in [0.2, 0.25) is 0 Å². The first kappa shape index (κ1) is 12.4. The predicted molar refractivity (Wildman–Crippen MR) is 48.9 cm³/mol. The molecule has 3 nitrogen and oxygen atoms in total. The molecule has 0 aliphatic carbocycles. The third-order valence-corrected chi connectivity index (χ3v) is 1.71. The zero-order valence-corrected chi connectivity index (χ0v) is 8.32. The number of carbonyl (C=O) groups is 1. The van der Waals surface area contributed by atoms with Crippen LogP contribution in [0.15, 0.2) is 30.3 Å². The van der Waals surface area contributed by atoms with E-state index in [2.05, 4.69) is 9.47 Å². The third kappa shape index (κ3) is 3.15. The van der Waals surface area contributed by atoms with E-state index in [-0.39, 0.29) is 5.75 Å². The Morgan fingerprint density at radius 3 is 2.25 bits per heavy atom. The van der Waals surface area contributed by atoms with Gasteiger partial charge in [-0.2, -0.15) is 13.2 Å². The minimum absolute atomic E-state index is 0.0461. The van der Waals surface area contributed by atoms with Crippen LogP contribution in [-0.4, -0.2) is 25.4 Å². The molecule has 0 unspecified atom stereocenters. The van der Waals surface area contributed by atoms with Gasteiger partial charge in [-0.1, -0.05) is 18.2 Å². The number of alkyl halides is 3. The number of hydrogen-bond acceptors (Lipinski definition) is 3. The largest absolute Gasteiger partial charge is 0.469 e. The normalized spacial score (nSPS) is 13.0. The predicted octanol–water partition coefficient (Wildman–Crippen LogP) is 2.17. The van der Waals surface area contributed by atoms with Gasteiger partial charge in [-0.15, -0.1) is 0 Å². The van der Waals surface area contributed by atoms with Gasteiger partial charge in [-0.3, -0.25) is 0 Å². The van der Waals surface area contributed by atoms with Crippen LogP contribution in [0.5, 0.6) is 5.75 Å². The lowest BCUT2D eigenvalue weighted by atomic mass is 10.3. The molecule has 1 rings (SSSR count). The monoisotopic (exact) mass is 234 g/mol. The quantitative estimate of drug-likeness (QED) is 0.752. The van der Waals surface area contributed by atoms with E-state index in [1.807, 2.05) is 0 Å². The Kier molecular flexibility index (Phi) is 3.76. The van der Waals surface area contributed by atoms with E-state index < -0.39 is 18.2 Å². The average Bonchev–Trinajstić information content (AvgIpc) is 2.25. The Morgan fingerprint density at radius 1 is 1.25 bits per heavy atom. The highest BCUT2D eigenvalue weighted by Crippen LogP contribution is 2.25. The van der Waals surface area contributed by atoms with Crippen LogP contribution in [0.1, 0.15) is 0 Å². The lowest BCUT2D eigenvalue weighted by Gasteiger charge is -2.19. The molecular weight excluding hydrogens is 225 g/mol. The van der Waals surface area contributed by atoms with Gasteiger partial charge in [0, 0.05) is 0 Å². The van der Waals surface area contributed by atoms with Crippen LogP contribution in [-0.2, 0) is 9.53 Å². The lowest BCUT2D eigenvalue weighted by molar-refractivity contribution is -0.209. The molecule has 0 amide bonds. The van der Waals surface area contributed by atoms with Crippen molar-refractivity contribution in [2.45, 2.75) is 12.3 Å². The second kappa shape index (κ2) is 4.87. The Bertz CT molecular complexity index is 348. The van der Waals surface area contributed by atoms with Gasteiger partial charge in [-0.25, -0.2) is 4.79 Å². The summed E-state index contributed by atoms with van der Waals surface area (Å²) in [5, 5.41) is 0. The number of benzene rings is 1. The fourth-order valence-electron chi connectivity index (χ4n) is 0.991. The summed E-state index contributed by atoms with van der Waals surface area (Å²) < 4.78 is 45.8. The van der Waals surface area contributed by atoms with Crippen LogP contribution in [0.25, 0.3) is 0 Å². The minimum atomic E-state index is -4.80. The van der Waals surface area contributed by atoms with E-state index in [1.54, 1.807) is 6.07 Å². The maximum atomic E-state index is 12.4. The van der Waals surface area contributed by atoms with Gasteiger partial charge in [-0.05, 0) is 12.1 Å². The number of halogens is 3. The third-order valence-electron chi connectivity index (χ3n) is 1.71. The second-order valence-corrected chi connectivity index (χ2v) is 2.88. The number of esters is 1. The molecule has 1 atom stereocenters. The average molecular weight is 234 g/mol. The van der Waals surface area contributed by atoms with E-state index in [0.29, 0.717) is 0 Å². The summed E-state index contributed by atoms with van der Waals surface area (Å²) in [5.41, 5.74) is 0. The van der Waals surface area contributed by atoms with Crippen LogP contribution >= 0.6 is 0 Å². The van der Waals surface area contributed by atoms with Crippen LogP contribution in [0.3, 0.4) is 0 Å². The molecule has 1 aromatic rings. The Balaban J connectivity index is 2.84. The molecule has 88 valence electrons. The number of rotatable bonds is 3. The number of ether oxygens (including phenoxy) is 2. The van der Waals surface area contributed by atoms with Crippen molar-refractivity contribution in [3.63, 3.8) is 0 Å². The van der Waals surface area contributed by atoms with Gasteiger partial charge in [0.25, 0.3) is 6.10 Å². The highest BCUT2D eigenvalue weighted by Gasteiger charge is 2.48. The fourth-order valence-corrected chi connectivity index (χ4v) is 0.991. The van der Waals surface area contributed by atoms with Crippen LogP contribution in [0.4, 0.5) is 13.2 Å². The highest BCUT2D eigenvalue weighted by atomic mass is 19.4. The summed E-state index contributed by atoms with van der Waals surface area (Å²) in [6.07, 6.45) is -7.40. The molecular formula is C10H9F3O3. The maximum absolute atomic E-state index is 12.4. The number of methoxy groups -OCH3 is 1. The standard InChI is InChI=1S/C10H9F3O3/c1-15-9(14)8(10(11,12)13)16-7-5-3-2-4-6-7/h2-6,8H,1H3/t8-/m1/s1. The zero-order chi connectivity index (χ0) is 12.2. The lowest BCUT2D eigenvalue weighted by Crippen LogP contribution is -2.42. The number of para-hydroxylation sites is 1. The first-order valence-corrected chi connectivity index (χ1v) is 4.31. The first-order valence-electron chi connectivity index (χ1n) is 4.31. The van der Waals surface area contributed by atoms with Gasteiger partial charge < -0.3 is 9.47 Å². The van der Waals surface area contributed by atoms with Crippen molar-refractivity contribution in [2.75, 3.05) is 7.11 Å². The molecule has 0 radical (unpaired) electrons. The summed E-state index contributed by atoms with van der Waals surface area (Å²) in [6.45, 7) is 0. The molecule has 0 fully saturated rings. The van der Waals surface area contributed by atoms with E-state index in [9.17, 15) is 18.0 Å². The SMILES string of the molecule is COC(=O)[C@@H](Oc1ccccc1)C(F)(F)F. The van der Waals surface area contributed by atoms with Gasteiger partial charge >= 0.3 is 12.1 Å². The van der Waals surface area contributed by atoms with Crippen molar-refractivity contribution in [3.8, 4) is 5.75 Å². The first-order chi connectivity index (χ1) is 7.45. The van der Waals surface area contributed by atoms with E-state index in [4.69, 9.17) is 0 Å². The fraction of sp³-hybridized carbons (Fsp3) is 0.300. The Labute approximate surface area is 89.8 Å². The molecule has 16 heavy (non-hydrogen) atoms. The Morgan fingerprint density at radius 2 is 1.81 bits per heavy atom. The van der Waals surface area contributed by atoms with Crippen molar-refractivity contribution in [3.05, 3.63) is 30.3 Å². The van der Waals surface area contributed by atoms with Gasteiger partial charge in [0.1, 0.15) is 5.75 Å². The van der Waals surface area contributed by atoms with Crippen molar-refractivity contribution < 1.29 is 27.4 Å². The van der Waals surface area contributed by atoms with E-state index >= 15 is 0 Å². The smallest absolute Gasteiger partial charge is 0.436 e. The molecule has 0 saturated heterocycles. The second-order valence-electron chi connectivity index (χ2n) is 2.88. The van der Waals surface area contributed by atoms with Gasteiger partial charge in [0.15, 0.2) is 0 Å². The minimum Gasteiger partial charge on any atom is -0.469 e. The van der Waals surface area contributed by atoms with Crippen LogP contribution in [0, 0.1) is 0 Å². The topological polar surface area (TPSA) is 35.5 Å². The molecule has 0 aliphatic rings. The summed E-state index contributed by atoms with van der Waals surface area (Å²) in [4.78, 5) is 10.9. The molecule has 0 heterocycles. The van der Waals surface area contributed by atoms with E-state index in [1.165, 1.54) is 24.3 Å². The zero-order valence-electron chi connectivity index (χ0n) is 8.32. The summed E-state index contributed by atoms with van der Waals surface area (Å²) >= 11 is 0. The van der Waals surface area contributed by atoms with Crippen molar-refractivity contribution >= 4 is 5.97 Å². The summed E-state index contributed by atoms with van der Waals surface area (Å²) in [6, 6.07) is 7.26. The molecule has 1 aromatic carbocycles. The summed E-state index contributed by atoms with van der Waals surface area (Å²) in [5.74, 6) is -1.52. The van der Waals surface area contributed by atoms with Crippen molar-refractivity contribution in [1.29, 1.82) is 0 Å². The molecule has 0 aromatic heterocycles. The molecule has 6 heteroatoms. The maximum Gasteiger partial charge on any atom is 0.436 e. The molecule has 0 saturated carbocycles. The van der Waals surface area contributed by atoms with Crippen LogP contribution in [0.2, 0.25) is 0 Å². The Hall–Kier alpha value is -1.72. The molecule has 0 aliphatic heterocycles. The number of hydrogen-bond donors (Lipinski definition) is 0. The molecule has 0 N–H and O–H groups in total. The summed E-state index contributed by atoms with van der Waals surface area (Å²) in [7, 11) is 0.870. The number of carbonyl (C=O) groups excluding carboxylic acids is 1. The van der Waals surface area contributed by atoms with Crippen molar-refractivity contribution in [1.82, 2.24) is 0 Å². The molecule has 0 bridgehead atoms. The molecule has 0 spiro atoms. The van der Waals surface area contributed by atoms with Crippen molar-refractivity contribution in [2.24, 2.45) is 0 Å². The highest BCUT2D eigenvalue weighted by molar-refractivity contribution is 5.76. The van der Waals surface area contributed by atoms with E-state index in [0.717, 1.165) is 7.11 Å².